The molecule has 170 valence electrons. The van der Waals surface area contributed by atoms with Crippen molar-refractivity contribution in [2.45, 2.75) is 25.2 Å². The number of nitrogens with one attached hydrogen (secondary N) is 1. The Morgan fingerprint density at radius 1 is 1.12 bits per heavy atom. The largest absolute Gasteiger partial charge is 0.378 e. The molecule has 2 fully saturated rings. The van der Waals surface area contributed by atoms with Crippen LogP contribution in [0, 0.1) is 0 Å². The summed E-state index contributed by atoms with van der Waals surface area (Å²) >= 11 is 0. The molecule has 1 saturated heterocycles. The van der Waals surface area contributed by atoms with Crippen LogP contribution >= 0.6 is 0 Å². The lowest BCUT2D eigenvalue weighted by molar-refractivity contribution is 0.102. The first-order valence-electron chi connectivity index (χ1n) is 10.7. The van der Waals surface area contributed by atoms with Crippen molar-refractivity contribution in [3.05, 3.63) is 41.3 Å². The Bertz CT molecular complexity index is 1360. The monoisotopic (exact) mass is 455 g/mol. The van der Waals surface area contributed by atoms with Crippen molar-refractivity contribution >= 4 is 34.0 Å². The van der Waals surface area contributed by atoms with Crippen molar-refractivity contribution in [3.8, 4) is 0 Å². The lowest BCUT2D eigenvalue weighted by atomic mass is 10.2. The van der Waals surface area contributed by atoms with E-state index in [4.69, 9.17) is 9.37 Å². The smallest absolute Gasteiger partial charge is 0.280 e. The number of anilines is 2. The van der Waals surface area contributed by atoms with Crippen LogP contribution in [0.1, 0.15) is 47.1 Å². The summed E-state index contributed by atoms with van der Waals surface area (Å²) in [5.74, 6) is -0.380. The van der Waals surface area contributed by atoms with E-state index in [2.05, 4.69) is 30.6 Å². The lowest BCUT2D eigenvalue weighted by Gasteiger charge is -2.28. The predicted molar refractivity (Wildman–Crippen MR) is 113 cm³/mol. The Morgan fingerprint density at radius 2 is 1.91 bits per heavy atom. The summed E-state index contributed by atoms with van der Waals surface area (Å²) in [4.78, 5) is 19.5. The Kier molecular flexibility index (Phi) is 4.68. The predicted octanol–water partition coefficient (Wildman–Crippen LogP) is 3.17. The molecule has 4 heterocycles. The first-order valence-corrected chi connectivity index (χ1v) is 10.7. The van der Waals surface area contributed by atoms with Crippen molar-refractivity contribution in [1.82, 2.24) is 24.9 Å². The van der Waals surface area contributed by atoms with Crippen LogP contribution in [-0.2, 0) is 4.74 Å². The molecule has 33 heavy (non-hydrogen) atoms. The third-order valence-electron chi connectivity index (χ3n) is 5.92. The van der Waals surface area contributed by atoms with E-state index in [9.17, 15) is 13.6 Å². The van der Waals surface area contributed by atoms with Gasteiger partial charge in [-0.05, 0) is 41.4 Å². The van der Waals surface area contributed by atoms with E-state index < -0.39 is 12.3 Å². The maximum Gasteiger partial charge on any atom is 0.280 e. The maximum atomic E-state index is 13.6. The van der Waals surface area contributed by atoms with Gasteiger partial charge in [-0.15, -0.1) is 0 Å². The summed E-state index contributed by atoms with van der Waals surface area (Å²) in [7, 11) is 0. The quantitative estimate of drug-likeness (QED) is 0.489. The van der Waals surface area contributed by atoms with Crippen molar-refractivity contribution in [3.63, 3.8) is 0 Å². The fourth-order valence-electron chi connectivity index (χ4n) is 4.07. The normalized spacial score (nSPS) is 16.8. The van der Waals surface area contributed by atoms with Gasteiger partial charge in [-0.1, -0.05) is 0 Å². The molecule has 0 atom stereocenters. The highest BCUT2D eigenvalue weighted by Gasteiger charge is 2.28. The molecular weight excluding hydrogens is 436 g/mol. The average Bonchev–Trinajstić information content (AvgIpc) is 3.38. The maximum absolute atomic E-state index is 13.6. The molecule has 10 nitrogen and oxygen atoms in total. The van der Waals surface area contributed by atoms with Crippen LogP contribution in [0.5, 0.6) is 0 Å². The molecule has 1 aliphatic heterocycles. The van der Waals surface area contributed by atoms with Crippen LogP contribution in [0.2, 0.25) is 0 Å². The summed E-state index contributed by atoms with van der Waals surface area (Å²) in [5, 5.41) is 14.8. The van der Waals surface area contributed by atoms with Gasteiger partial charge in [0.15, 0.2) is 22.4 Å². The van der Waals surface area contributed by atoms with Crippen molar-refractivity contribution in [2.75, 3.05) is 36.5 Å². The fourth-order valence-corrected chi connectivity index (χ4v) is 4.07. The summed E-state index contributed by atoms with van der Waals surface area (Å²) in [6.07, 6.45) is -0.886. The number of halogens is 2. The minimum Gasteiger partial charge on any atom is -0.378 e. The van der Waals surface area contributed by atoms with E-state index in [1.165, 1.54) is 12.1 Å². The van der Waals surface area contributed by atoms with E-state index >= 15 is 0 Å². The van der Waals surface area contributed by atoms with Gasteiger partial charge in [0, 0.05) is 30.8 Å². The van der Waals surface area contributed by atoms with E-state index in [0.29, 0.717) is 48.7 Å². The van der Waals surface area contributed by atoms with Crippen LogP contribution in [-0.4, -0.2) is 57.1 Å². The number of hydrogen-bond acceptors (Lipinski definition) is 8. The Labute approximate surface area is 185 Å². The Morgan fingerprint density at radius 3 is 2.67 bits per heavy atom. The van der Waals surface area contributed by atoms with Gasteiger partial charge in [-0.3, -0.25) is 4.79 Å². The number of carbonyl (C=O) groups is 1. The van der Waals surface area contributed by atoms with E-state index in [1.54, 1.807) is 6.07 Å². The molecule has 1 saturated carbocycles. The van der Waals surface area contributed by atoms with Gasteiger partial charge < -0.3 is 15.0 Å². The van der Waals surface area contributed by atoms with Crippen LogP contribution in [0.4, 0.5) is 20.2 Å². The molecule has 1 N–H and O–H groups in total. The highest BCUT2D eigenvalue weighted by molar-refractivity contribution is 6.08. The molecule has 2 aliphatic rings. The van der Waals surface area contributed by atoms with Gasteiger partial charge in [0.2, 0.25) is 0 Å². The molecule has 0 bridgehead atoms. The zero-order valence-electron chi connectivity index (χ0n) is 17.4. The minimum atomic E-state index is -2.74. The highest BCUT2D eigenvalue weighted by Crippen LogP contribution is 2.40. The number of aromatic nitrogens is 5. The molecular formula is C21H19F2N7O3. The van der Waals surface area contributed by atoms with Crippen LogP contribution in [0.25, 0.3) is 16.7 Å². The zero-order chi connectivity index (χ0) is 22.5. The van der Waals surface area contributed by atoms with Crippen molar-refractivity contribution in [1.29, 1.82) is 0 Å². The van der Waals surface area contributed by atoms with Gasteiger partial charge in [0.1, 0.15) is 5.69 Å². The summed E-state index contributed by atoms with van der Waals surface area (Å²) in [6, 6.07) is 6.32. The topological polar surface area (TPSA) is 111 Å². The zero-order valence-corrected chi connectivity index (χ0v) is 17.4. The lowest BCUT2D eigenvalue weighted by Crippen LogP contribution is -2.36. The first kappa shape index (κ1) is 20.0. The number of carbonyl (C=O) groups excluding carboxylic acids is 1. The molecule has 12 heteroatoms. The number of fused-ring (bicyclic) bond motifs is 2. The second-order valence-corrected chi connectivity index (χ2v) is 8.13. The molecule has 0 unspecified atom stereocenters. The summed E-state index contributed by atoms with van der Waals surface area (Å²) in [5.41, 5.74) is 2.64. The van der Waals surface area contributed by atoms with Crippen molar-refractivity contribution < 1.29 is 22.9 Å². The van der Waals surface area contributed by atoms with Crippen LogP contribution < -0.4 is 10.2 Å². The molecule has 4 aromatic rings. The van der Waals surface area contributed by atoms with Crippen LogP contribution in [0.15, 0.2) is 28.9 Å². The summed E-state index contributed by atoms with van der Waals surface area (Å²) in [6.45, 7) is 2.63. The molecule has 0 spiro atoms. The summed E-state index contributed by atoms with van der Waals surface area (Å²) < 4.78 is 38.6. The van der Waals surface area contributed by atoms with Crippen molar-refractivity contribution in [2.24, 2.45) is 0 Å². The number of nitrogens with zero attached hydrogens (tertiary/aromatic N) is 6. The minimum absolute atomic E-state index is 0.0285. The van der Waals surface area contributed by atoms with Gasteiger partial charge in [-0.2, -0.15) is 5.10 Å². The van der Waals surface area contributed by atoms with E-state index in [0.717, 1.165) is 23.0 Å². The molecule has 6 rings (SSSR count). The Balaban J connectivity index is 1.32. The average molecular weight is 455 g/mol. The third kappa shape index (κ3) is 3.55. The molecule has 1 aromatic carbocycles. The number of rotatable bonds is 5. The first-order chi connectivity index (χ1) is 16.1. The van der Waals surface area contributed by atoms with Crippen LogP contribution in [0.3, 0.4) is 0 Å². The second kappa shape index (κ2) is 7.73. The number of morpholine rings is 1. The number of alkyl halides is 2. The van der Waals surface area contributed by atoms with E-state index in [1.807, 2.05) is 6.07 Å². The standard InChI is InChI=1S/C21H19F2N7O3/c22-20(23)16-9-13(11-1-2-11)24-17-10-14(26-30(16)17)21(31)25-12-3-4-15(19-18(12)27-33-28-19)29-5-7-32-8-6-29/h3-4,9-11,20H,1-2,5-8H2,(H,25,31). The number of ether oxygens (including phenoxy) is 1. The third-order valence-corrected chi connectivity index (χ3v) is 5.92. The molecule has 1 aliphatic carbocycles. The SMILES string of the molecule is O=C(Nc1ccc(N2CCOCC2)c2nonc12)c1cc2nc(C3CC3)cc(C(F)F)n2n1. The van der Waals surface area contributed by atoms with Gasteiger partial charge in [0.05, 0.1) is 24.6 Å². The fraction of sp³-hybridized carbons (Fsp3) is 0.381. The van der Waals surface area contributed by atoms with E-state index in [-0.39, 0.29) is 23.0 Å². The second-order valence-electron chi connectivity index (χ2n) is 8.13. The molecule has 0 radical (unpaired) electrons. The number of benzene rings is 1. The Hall–Kier alpha value is -3.67. The van der Waals surface area contributed by atoms with Gasteiger partial charge in [-0.25, -0.2) is 22.9 Å². The van der Waals surface area contributed by atoms with Gasteiger partial charge >= 0.3 is 0 Å². The van der Waals surface area contributed by atoms with Gasteiger partial charge in [0.25, 0.3) is 12.3 Å². The molecule has 3 aromatic heterocycles. The highest BCUT2D eigenvalue weighted by atomic mass is 19.3. The number of amides is 1. The molecule has 1 amide bonds. The number of hydrogen-bond donors (Lipinski definition) is 1.